The van der Waals surface area contributed by atoms with E-state index in [1.165, 1.54) is 40.6 Å². The molecular weight excluding hydrogens is 284 g/mol. The molecule has 3 aromatic rings. The molecule has 0 unspecified atom stereocenters. The Labute approximate surface area is 126 Å². The monoisotopic (exact) mass is 300 g/mol. The van der Waals surface area contributed by atoms with Gasteiger partial charge in [-0.15, -0.1) is 0 Å². The van der Waals surface area contributed by atoms with Crippen molar-refractivity contribution in [2.24, 2.45) is 0 Å². The Bertz CT molecular complexity index is 835. The molecule has 1 aromatic carbocycles. The van der Waals surface area contributed by atoms with Gasteiger partial charge in [0.05, 0.1) is 0 Å². The normalized spacial score (nSPS) is 12.1. The van der Waals surface area contributed by atoms with E-state index in [9.17, 15) is 4.79 Å². The number of benzene rings is 1. The Morgan fingerprint density at radius 3 is 2.86 bits per heavy atom. The number of anilines is 1. The van der Waals surface area contributed by atoms with Gasteiger partial charge >= 0.3 is 0 Å². The van der Waals surface area contributed by atoms with Gasteiger partial charge in [-0.05, 0) is 30.5 Å². The number of aryl methyl sites for hydroxylation is 1. The van der Waals surface area contributed by atoms with E-state index >= 15 is 0 Å². The summed E-state index contributed by atoms with van der Waals surface area (Å²) in [6, 6.07) is 8.30. The molecule has 21 heavy (non-hydrogen) atoms. The number of fused-ring (bicyclic) bond motifs is 1. The van der Waals surface area contributed by atoms with Gasteiger partial charge in [-0.1, -0.05) is 36.8 Å². The fourth-order valence-corrected chi connectivity index (χ4v) is 2.88. The molecule has 3 rings (SSSR count). The summed E-state index contributed by atoms with van der Waals surface area (Å²) < 4.78 is 1.91. The maximum atomic E-state index is 12.0. The lowest BCUT2D eigenvalue weighted by molar-refractivity contribution is 0.795. The van der Waals surface area contributed by atoms with E-state index in [1.54, 1.807) is 6.20 Å². The average molecular weight is 300 g/mol. The molecule has 0 radical (unpaired) electrons. The van der Waals surface area contributed by atoms with Crippen molar-refractivity contribution in [3.63, 3.8) is 0 Å². The Kier molecular flexibility index (Phi) is 3.96. The van der Waals surface area contributed by atoms with Crippen LogP contribution in [-0.2, 0) is 6.42 Å². The zero-order chi connectivity index (χ0) is 14.7. The zero-order valence-corrected chi connectivity index (χ0v) is 12.6. The molecule has 0 saturated heterocycles. The van der Waals surface area contributed by atoms with E-state index in [2.05, 4.69) is 34.5 Å². The Balaban J connectivity index is 1.77. The van der Waals surface area contributed by atoms with Gasteiger partial charge in [0.2, 0.25) is 4.96 Å². The lowest BCUT2D eigenvalue weighted by atomic mass is 10.1. The summed E-state index contributed by atoms with van der Waals surface area (Å²) >= 11 is 1.32. The van der Waals surface area contributed by atoms with Crippen LogP contribution in [0.3, 0.4) is 0 Å². The number of rotatable bonds is 5. The second-order valence-electron chi connectivity index (χ2n) is 4.82. The third-order valence-corrected chi connectivity index (χ3v) is 4.24. The van der Waals surface area contributed by atoms with Crippen LogP contribution in [0.4, 0.5) is 5.69 Å². The zero-order valence-electron chi connectivity index (χ0n) is 11.7. The minimum absolute atomic E-state index is 0.139. The molecule has 0 bridgehead atoms. The third kappa shape index (κ3) is 2.95. The highest BCUT2D eigenvalue weighted by Gasteiger charge is 2.04. The molecule has 0 saturated carbocycles. The van der Waals surface area contributed by atoms with Crippen LogP contribution < -0.4 is 15.4 Å². The van der Waals surface area contributed by atoms with Gasteiger partial charge in [-0.2, -0.15) is 9.61 Å². The van der Waals surface area contributed by atoms with Crippen molar-refractivity contribution in [1.82, 2.24) is 14.6 Å². The average Bonchev–Trinajstić information content (AvgIpc) is 3.08. The maximum absolute atomic E-state index is 12.0. The van der Waals surface area contributed by atoms with Gasteiger partial charge in [0.15, 0.2) is 0 Å². The van der Waals surface area contributed by atoms with Gasteiger partial charge < -0.3 is 5.32 Å². The van der Waals surface area contributed by atoms with Crippen LogP contribution in [0.2, 0.25) is 0 Å². The molecule has 1 N–H and O–H groups in total. The highest BCUT2D eigenvalue weighted by Crippen LogP contribution is 2.11. The summed E-state index contributed by atoms with van der Waals surface area (Å²) in [5.41, 5.74) is 2.17. The Hall–Kier alpha value is -2.21. The standard InChI is InChI=1S/C15H16N4OS/c1-2-3-4-11-5-7-12(8-6-11)16-9-13-14(20)19-15(21-13)17-10-18-19/h5-10,16H,2-4H2,1H3/b13-9-. The van der Waals surface area contributed by atoms with E-state index in [0.29, 0.717) is 9.49 Å². The van der Waals surface area contributed by atoms with Crippen molar-refractivity contribution in [2.45, 2.75) is 26.2 Å². The van der Waals surface area contributed by atoms with Crippen LogP contribution in [0.15, 0.2) is 35.4 Å². The first-order valence-electron chi connectivity index (χ1n) is 6.96. The smallest absolute Gasteiger partial charge is 0.292 e. The van der Waals surface area contributed by atoms with Crippen molar-refractivity contribution in [3.8, 4) is 0 Å². The predicted octanol–water partition coefficient (Wildman–Crippen LogP) is 2.06. The quantitative estimate of drug-likeness (QED) is 0.783. The van der Waals surface area contributed by atoms with Crippen LogP contribution in [0.5, 0.6) is 0 Å². The van der Waals surface area contributed by atoms with Gasteiger partial charge in [0, 0.05) is 11.9 Å². The number of unbranched alkanes of at least 4 members (excludes halogenated alkanes) is 1. The van der Waals surface area contributed by atoms with E-state index in [-0.39, 0.29) is 5.56 Å². The summed E-state index contributed by atoms with van der Waals surface area (Å²) in [5, 5.41) is 7.04. The van der Waals surface area contributed by atoms with E-state index in [4.69, 9.17) is 0 Å². The highest BCUT2D eigenvalue weighted by atomic mass is 32.1. The first-order chi connectivity index (χ1) is 10.3. The van der Waals surface area contributed by atoms with E-state index < -0.39 is 0 Å². The highest BCUT2D eigenvalue weighted by molar-refractivity contribution is 7.15. The molecule has 0 amide bonds. The van der Waals surface area contributed by atoms with Crippen LogP contribution in [-0.4, -0.2) is 14.6 Å². The molecular formula is C15H16N4OS. The molecule has 0 aliphatic rings. The number of nitrogens with one attached hydrogen (secondary N) is 1. The van der Waals surface area contributed by atoms with Crippen LogP contribution in [0.25, 0.3) is 11.2 Å². The molecule has 0 atom stereocenters. The molecule has 2 aromatic heterocycles. The molecule has 0 aliphatic heterocycles. The molecule has 0 aliphatic carbocycles. The number of hydrogen-bond donors (Lipinski definition) is 1. The molecule has 108 valence electrons. The largest absolute Gasteiger partial charge is 0.360 e. The first kappa shape index (κ1) is 13.8. The Morgan fingerprint density at radius 1 is 1.33 bits per heavy atom. The summed E-state index contributed by atoms with van der Waals surface area (Å²) in [6.07, 6.45) is 6.62. The maximum Gasteiger partial charge on any atom is 0.292 e. The second-order valence-corrected chi connectivity index (χ2v) is 5.82. The summed E-state index contributed by atoms with van der Waals surface area (Å²) in [4.78, 5) is 16.6. The SMILES string of the molecule is CCCCc1ccc(N/C=c2\sc3ncnn3c2=O)cc1. The minimum atomic E-state index is -0.139. The van der Waals surface area contributed by atoms with Crippen LogP contribution >= 0.6 is 11.3 Å². The molecule has 2 heterocycles. The fraction of sp³-hybridized carbons (Fsp3) is 0.267. The predicted molar refractivity (Wildman–Crippen MR) is 85.5 cm³/mol. The third-order valence-electron chi connectivity index (χ3n) is 3.26. The lowest BCUT2D eigenvalue weighted by Crippen LogP contribution is -2.24. The molecule has 0 fully saturated rings. The number of hydrogen-bond acceptors (Lipinski definition) is 5. The van der Waals surface area contributed by atoms with Crippen molar-refractivity contribution in [1.29, 1.82) is 0 Å². The van der Waals surface area contributed by atoms with Gasteiger partial charge in [0.25, 0.3) is 5.56 Å². The van der Waals surface area contributed by atoms with Crippen molar-refractivity contribution >= 4 is 28.2 Å². The van der Waals surface area contributed by atoms with Crippen LogP contribution in [0.1, 0.15) is 25.3 Å². The second kappa shape index (κ2) is 6.05. The minimum Gasteiger partial charge on any atom is -0.360 e. The summed E-state index contributed by atoms with van der Waals surface area (Å²) in [7, 11) is 0. The first-order valence-corrected chi connectivity index (χ1v) is 7.78. The van der Waals surface area contributed by atoms with Gasteiger partial charge in [-0.3, -0.25) is 4.79 Å². The van der Waals surface area contributed by atoms with E-state index in [0.717, 1.165) is 12.1 Å². The van der Waals surface area contributed by atoms with Crippen molar-refractivity contribution in [3.05, 3.63) is 51.0 Å². The summed E-state index contributed by atoms with van der Waals surface area (Å²) in [5.74, 6) is 0. The number of nitrogens with zero attached hydrogens (tertiary/aromatic N) is 3. The summed E-state index contributed by atoms with van der Waals surface area (Å²) in [6.45, 7) is 2.19. The lowest BCUT2D eigenvalue weighted by Gasteiger charge is -2.03. The van der Waals surface area contributed by atoms with E-state index in [1.807, 2.05) is 12.1 Å². The Morgan fingerprint density at radius 2 is 2.14 bits per heavy atom. The van der Waals surface area contributed by atoms with Gasteiger partial charge in [0.1, 0.15) is 10.9 Å². The molecule has 5 nitrogen and oxygen atoms in total. The topological polar surface area (TPSA) is 59.3 Å². The van der Waals surface area contributed by atoms with Gasteiger partial charge in [-0.25, -0.2) is 4.98 Å². The van der Waals surface area contributed by atoms with Crippen molar-refractivity contribution < 1.29 is 0 Å². The van der Waals surface area contributed by atoms with Crippen LogP contribution in [0, 0.1) is 0 Å². The van der Waals surface area contributed by atoms with Crippen molar-refractivity contribution in [2.75, 3.05) is 5.32 Å². The molecule has 0 spiro atoms. The fourth-order valence-electron chi connectivity index (χ4n) is 2.07. The molecule has 6 heteroatoms. The number of thiazole rings is 1. The number of aromatic nitrogens is 3.